The smallest absolute Gasteiger partial charge is 0.242 e. The molecule has 2 aromatic rings. The fourth-order valence-corrected chi connectivity index (χ4v) is 2.34. The van der Waals surface area contributed by atoms with Gasteiger partial charge in [-0.2, -0.15) is 5.10 Å². The van der Waals surface area contributed by atoms with Crippen molar-refractivity contribution in [3.05, 3.63) is 30.2 Å². The van der Waals surface area contributed by atoms with Crippen LogP contribution in [0.3, 0.4) is 0 Å². The van der Waals surface area contributed by atoms with Crippen molar-refractivity contribution in [3.63, 3.8) is 0 Å². The van der Waals surface area contributed by atoms with E-state index < -0.39 is 0 Å². The summed E-state index contributed by atoms with van der Waals surface area (Å²) in [5.41, 5.74) is 0.877. The van der Waals surface area contributed by atoms with E-state index in [1.165, 1.54) is 17.3 Å². The monoisotopic (exact) mass is 317 g/mol. The Morgan fingerprint density at radius 3 is 2.91 bits per heavy atom. The van der Waals surface area contributed by atoms with E-state index in [-0.39, 0.29) is 19.0 Å². The molecule has 9 heteroatoms. The quantitative estimate of drug-likeness (QED) is 0.796. The number of ether oxygens (including phenoxy) is 1. The molecule has 0 spiro atoms. The average Bonchev–Trinajstić information content (AvgIpc) is 3.06. The first-order chi connectivity index (χ1) is 11.2. The Kier molecular flexibility index (Phi) is 4.77. The summed E-state index contributed by atoms with van der Waals surface area (Å²) in [5, 5.41) is 6.69. The zero-order valence-corrected chi connectivity index (χ0v) is 13.0. The largest absolute Gasteiger partial charge is 0.378 e. The Morgan fingerprint density at radius 2 is 2.17 bits per heavy atom. The van der Waals surface area contributed by atoms with E-state index in [9.17, 15) is 4.79 Å². The average molecular weight is 317 g/mol. The molecule has 0 radical (unpaired) electrons. The van der Waals surface area contributed by atoms with Crippen molar-refractivity contribution in [3.8, 4) is 0 Å². The van der Waals surface area contributed by atoms with Crippen LogP contribution in [0.5, 0.6) is 0 Å². The Bertz CT molecular complexity index is 653. The van der Waals surface area contributed by atoms with Crippen LogP contribution in [0, 0.1) is 6.92 Å². The number of carbonyl (C=O) groups is 1. The topological polar surface area (TPSA) is 98.1 Å². The van der Waals surface area contributed by atoms with Crippen LogP contribution in [0.25, 0.3) is 0 Å². The fourth-order valence-electron chi connectivity index (χ4n) is 2.34. The van der Waals surface area contributed by atoms with Gasteiger partial charge >= 0.3 is 0 Å². The molecule has 9 nitrogen and oxygen atoms in total. The number of aromatic nitrogens is 5. The number of hydrogen-bond donors (Lipinski definition) is 1. The normalized spacial score (nSPS) is 14.7. The molecule has 0 bridgehead atoms. The minimum atomic E-state index is -0.159. The second kappa shape index (κ2) is 7.14. The zero-order chi connectivity index (χ0) is 16.1. The second-order valence-electron chi connectivity index (χ2n) is 5.25. The molecular formula is C14H19N7O2. The molecule has 3 heterocycles. The lowest BCUT2D eigenvalue weighted by Gasteiger charge is -2.28. The van der Waals surface area contributed by atoms with Gasteiger partial charge in [-0.05, 0) is 6.92 Å². The lowest BCUT2D eigenvalue weighted by molar-refractivity contribution is -0.122. The summed E-state index contributed by atoms with van der Waals surface area (Å²) < 4.78 is 6.82. The Hall–Kier alpha value is -2.55. The van der Waals surface area contributed by atoms with Crippen molar-refractivity contribution in [2.45, 2.75) is 20.0 Å². The number of aryl methyl sites for hydroxylation is 1. The maximum Gasteiger partial charge on any atom is 0.242 e. The molecule has 0 aromatic carbocycles. The number of carbonyl (C=O) groups excluding carboxylic acids is 1. The minimum Gasteiger partial charge on any atom is -0.378 e. The minimum absolute atomic E-state index is 0.127. The molecule has 0 saturated carbocycles. The number of rotatable bonds is 5. The predicted octanol–water partition coefficient (Wildman–Crippen LogP) is -0.470. The Labute approximate surface area is 133 Å². The van der Waals surface area contributed by atoms with Crippen LogP contribution in [0.4, 0.5) is 5.82 Å². The van der Waals surface area contributed by atoms with E-state index >= 15 is 0 Å². The van der Waals surface area contributed by atoms with Crippen molar-refractivity contribution in [2.75, 3.05) is 31.2 Å². The van der Waals surface area contributed by atoms with Crippen LogP contribution < -0.4 is 10.2 Å². The number of hydrogen-bond acceptors (Lipinski definition) is 7. The van der Waals surface area contributed by atoms with E-state index in [1.807, 2.05) is 13.0 Å². The SMILES string of the molecule is Cc1cc(N2CCOCC2)nc(CNC(=O)Cn2cncn2)n1. The third-order valence-electron chi connectivity index (χ3n) is 3.44. The first-order valence-electron chi connectivity index (χ1n) is 7.47. The van der Waals surface area contributed by atoms with Gasteiger partial charge in [-0.15, -0.1) is 0 Å². The molecule has 3 rings (SSSR count). The molecule has 1 aliphatic heterocycles. The predicted molar refractivity (Wildman–Crippen MR) is 81.7 cm³/mol. The van der Waals surface area contributed by atoms with Crippen molar-refractivity contribution in [1.29, 1.82) is 0 Å². The summed E-state index contributed by atoms with van der Waals surface area (Å²) in [6.45, 7) is 5.37. The van der Waals surface area contributed by atoms with E-state index in [0.29, 0.717) is 19.0 Å². The zero-order valence-electron chi connectivity index (χ0n) is 13.0. The number of amides is 1. The maximum atomic E-state index is 11.9. The Morgan fingerprint density at radius 1 is 1.35 bits per heavy atom. The molecule has 1 amide bonds. The number of nitrogens with one attached hydrogen (secondary N) is 1. The van der Waals surface area contributed by atoms with Crippen molar-refractivity contribution < 1.29 is 9.53 Å². The summed E-state index contributed by atoms with van der Waals surface area (Å²) in [6.07, 6.45) is 2.89. The molecule has 1 aliphatic rings. The first-order valence-corrected chi connectivity index (χ1v) is 7.47. The molecule has 23 heavy (non-hydrogen) atoms. The molecule has 1 N–H and O–H groups in total. The highest BCUT2D eigenvalue weighted by atomic mass is 16.5. The molecule has 1 fully saturated rings. The van der Waals surface area contributed by atoms with Crippen molar-refractivity contribution in [1.82, 2.24) is 30.0 Å². The molecule has 2 aromatic heterocycles. The van der Waals surface area contributed by atoms with Crippen LogP contribution in [-0.2, 0) is 22.6 Å². The van der Waals surface area contributed by atoms with Gasteiger partial charge in [0.05, 0.1) is 19.8 Å². The van der Waals surface area contributed by atoms with Crippen LogP contribution in [-0.4, -0.2) is 56.9 Å². The van der Waals surface area contributed by atoms with Gasteiger partial charge in [-0.1, -0.05) is 0 Å². The van der Waals surface area contributed by atoms with Gasteiger partial charge in [-0.25, -0.2) is 19.6 Å². The Balaban J connectivity index is 1.60. The van der Waals surface area contributed by atoms with E-state index in [2.05, 4.69) is 30.3 Å². The number of anilines is 1. The van der Waals surface area contributed by atoms with Gasteiger partial charge in [0.2, 0.25) is 5.91 Å². The van der Waals surface area contributed by atoms with Crippen molar-refractivity contribution in [2.24, 2.45) is 0 Å². The summed E-state index contributed by atoms with van der Waals surface area (Å²) in [6, 6.07) is 1.95. The number of nitrogens with zero attached hydrogens (tertiary/aromatic N) is 6. The molecule has 0 atom stereocenters. The standard InChI is InChI=1S/C14H19N7O2/c1-11-6-13(20-2-4-23-5-3-20)19-12(18-11)7-16-14(22)8-21-10-15-9-17-21/h6,9-10H,2-5,7-8H2,1H3,(H,16,22). The third-order valence-corrected chi connectivity index (χ3v) is 3.44. The number of morpholine rings is 1. The lowest BCUT2D eigenvalue weighted by Crippen LogP contribution is -2.37. The highest BCUT2D eigenvalue weighted by molar-refractivity contribution is 5.75. The summed E-state index contributed by atoms with van der Waals surface area (Å²) in [7, 11) is 0. The highest BCUT2D eigenvalue weighted by Crippen LogP contribution is 2.14. The lowest BCUT2D eigenvalue weighted by atomic mass is 10.3. The van der Waals surface area contributed by atoms with Gasteiger partial charge in [0, 0.05) is 24.8 Å². The van der Waals surface area contributed by atoms with E-state index in [4.69, 9.17) is 4.74 Å². The second-order valence-corrected chi connectivity index (χ2v) is 5.25. The van der Waals surface area contributed by atoms with E-state index in [1.54, 1.807) is 0 Å². The molecule has 122 valence electrons. The third kappa shape index (κ3) is 4.22. The van der Waals surface area contributed by atoms with E-state index in [0.717, 1.165) is 24.6 Å². The van der Waals surface area contributed by atoms with Crippen LogP contribution >= 0.6 is 0 Å². The van der Waals surface area contributed by atoms with Crippen LogP contribution in [0.1, 0.15) is 11.5 Å². The maximum absolute atomic E-state index is 11.9. The van der Waals surface area contributed by atoms with Crippen LogP contribution in [0.2, 0.25) is 0 Å². The van der Waals surface area contributed by atoms with Crippen molar-refractivity contribution >= 4 is 11.7 Å². The molecule has 0 aliphatic carbocycles. The molecule has 1 saturated heterocycles. The summed E-state index contributed by atoms with van der Waals surface area (Å²) in [5.74, 6) is 1.31. The summed E-state index contributed by atoms with van der Waals surface area (Å²) in [4.78, 5) is 26.8. The van der Waals surface area contributed by atoms with Gasteiger partial charge in [0.15, 0.2) is 0 Å². The van der Waals surface area contributed by atoms with Gasteiger partial charge in [0.1, 0.15) is 30.8 Å². The molecular weight excluding hydrogens is 298 g/mol. The van der Waals surface area contributed by atoms with Gasteiger partial charge in [0.25, 0.3) is 0 Å². The van der Waals surface area contributed by atoms with Gasteiger partial charge < -0.3 is 15.0 Å². The first kappa shape index (κ1) is 15.3. The fraction of sp³-hybridized carbons (Fsp3) is 0.500. The summed E-state index contributed by atoms with van der Waals surface area (Å²) >= 11 is 0. The van der Waals surface area contributed by atoms with Crippen LogP contribution in [0.15, 0.2) is 18.7 Å². The van der Waals surface area contributed by atoms with Gasteiger partial charge in [-0.3, -0.25) is 4.79 Å². The molecule has 0 unspecified atom stereocenters. The highest BCUT2D eigenvalue weighted by Gasteiger charge is 2.14.